The Morgan fingerprint density at radius 1 is 1.23 bits per heavy atom. The molecule has 156 valence electrons. The number of aromatic nitrogens is 2. The van der Waals surface area contributed by atoms with Gasteiger partial charge in [-0.25, -0.2) is 13.5 Å². The minimum absolute atomic E-state index is 0.171. The molecular formula is C22H21ClF2N4O. The van der Waals surface area contributed by atoms with Crippen molar-refractivity contribution >= 4 is 29.0 Å². The van der Waals surface area contributed by atoms with Crippen LogP contribution in [0, 0.1) is 13.8 Å². The Kier molecular flexibility index (Phi) is 5.47. The quantitative estimate of drug-likeness (QED) is 0.552. The van der Waals surface area contributed by atoms with E-state index in [-0.39, 0.29) is 23.8 Å². The van der Waals surface area contributed by atoms with E-state index in [1.165, 1.54) is 10.9 Å². The first-order valence-corrected chi connectivity index (χ1v) is 9.98. The molecule has 1 aliphatic rings. The number of rotatable bonds is 4. The summed E-state index contributed by atoms with van der Waals surface area (Å²) in [5.41, 5.74) is 3.46. The molecule has 2 N–H and O–H groups in total. The highest BCUT2D eigenvalue weighted by Gasteiger charge is 2.36. The molecule has 2 heterocycles. The lowest BCUT2D eigenvalue weighted by molar-refractivity contribution is 0.0657. The van der Waals surface area contributed by atoms with Crippen molar-refractivity contribution in [2.24, 2.45) is 0 Å². The van der Waals surface area contributed by atoms with Crippen molar-refractivity contribution in [2.75, 3.05) is 10.6 Å². The number of nitrogens with zero attached hydrogens (tertiary/aromatic N) is 2. The Bertz CT molecular complexity index is 1080. The summed E-state index contributed by atoms with van der Waals surface area (Å²) in [6, 6.07) is 11.4. The molecule has 0 fully saturated rings. The molecular weight excluding hydrogens is 410 g/mol. The summed E-state index contributed by atoms with van der Waals surface area (Å²) in [6.45, 7) is 3.76. The van der Waals surface area contributed by atoms with Crippen LogP contribution in [0.5, 0.6) is 0 Å². The average Bonchev–Trinajstić information content (AvgIpc) is 3.15. The van der Waals surface area contributed by atoms with Crippen LogP contribution >= 0.6 is 11.6 Å². The summed E-state index contributed by atoms with van der Waals surface area (Å²) >= 11 is 6.13. The molecule has 1 amide bonds. The van der Waals surface area contributed by atoms with Gasteiger partial charge >= 0.3 is 0 Å². The number of hydrogen-bond acceptors (Lipinski definition) is 3. The molecule has 2 aromatic carbocycles. The second-order valence-corrected chi connectivity index (χ2v) is 7.87. The molecule has 0 aliphatic carbocycles. The minimum Gasteiger partial charge on any atom is -0.363 e. The molecule has 1 aliphatic heterocycles. The Labute approximate surface area is 178 Å². The van der Waals surface area contributed by atoms with Gasteiger partial charge in [-0.15, -0.1) is 0 Å². The smallest absolute Gasteiger partial charge is 0.261 e. The predicted molar refractivity (Wildman–Crippen MR) is 114 cm³/mol. The molecule has 3 aromatic rings. The number of anilines is 2. The van der Waals surface area contributed by atoms with E-state index in [2.05, 4.69) is 15.7 Å². The number of fused-ring (bicyclic) bond motifs is 1. The molecule has 5 nitrogen and oxygen atoms in total. The molecule has 4 rings (SSSR count). The van der Waals surface area contributed by atoms with Crippen molar-refractivity contribution in [3.8, 4) is 0 Å². The number of alkyl halides is 2. The molecule has 0 bridgehead atoms. The Morgan fingerprint density at radius 2 is 1.97 bits per heavy atom. The fraction of sp³-hybridized carbons (Fsp3) is 0.273. The molecule has 0 saturated heterocycles. The Morgan fingerprint density at radius 3 is 2.67 bits per heavy atom. The van der Waals surface area contributed by atoms with E-state index in [4.69, 9.17) is 11.6 Å². The summed E-state index contributed by atoms with van der Waals surface area (Å²) in [4.78, 5) is 12.9. The van der Waals surface area contributed by atoms with Crippen LogP contribution < -0.4 is 10.6 Å². The maximum Gasteiger partial charge on any atom is 0.261 e. The molecule has 1 aromatic heterocycles. The first-order valence-electron chi connectivity index (χ1n) is 9.60. The number of carbonyl (C=O) groups is 1. The highest BCUT2D eigenvalue weighted by atomic mass is 35.5. The molecule has 0 spiro atoms. The number of benzene rings is 2. The van der Waals surface area contributed by atoms with E-state index < -0.39 is 18.4 Å². The van der Waals surface area contributed by atoms with E-state index >= 15 is 0 Å². The van der Waals surface area contributed by atoms with E-state index in [9.17, 15) is 13.6 Å². The second-order valence-electron chi connectivity index (χ2n) is 7.46. The zero-order valence-electron chi connectivity index (χ0n) is 16.5. The number of nitrogens with one attached hydrogen (secondary N) is 2. The van der Waals surface area contributed by atoms with Gasteiger partial charge in [-0.05, 0) is 43.5 Å². The second kappa shape index (κ2) is 8.07. The number of amides is 1. The summed E-state index contributed by atoms with van der Waals surface area (Å²) in [5, 5.41) is 10.7. The predicted octanol–water partition coefficient (Wildman–Crippen LogP) is 5.77. The third kappa shape index (κ3) is 3.77. The maximum atomic E-state index is 13.8. The molecule has 8 heteroatoms. The van der Waals surface area contributed by atoms with Crippen molar-refractivity contribution in [1.82, 2.24) is 9.78 Å². The molecule has 30 heavy (non-hydrogen) atoms. The van der Waals surface area contributed by atoms with Crippen LogP contribution in [0.3, 0.4) is 0 Å². The first-order chi connectivity index (χ1) is 14.3. The van der Waals surface area contributed by atoms with Crippen LogP contribution in [0.25, 0.3) is 0 Å². The van der Waals surface area contributed by atoms with Crippen LogP contribution in [0.4, 0.5) is 20.3 Å². The highest BCUT2D eigenvalue weighted by molar-refractivity contribution is 6.31. The topological polar surface area (TPSA) is 59.0 Å². The standard InChI is InChI=1S/C22H21ClF2N4O/c1-12-6-8-14(9-7-12)18-10-19(20(24)25)29-21(27-18)15(11-26-29)22(30)28-17-5-3-4-16(23)13(17)2/h3-9,11,18-20,27H,10H2,1-2H3,(H,28,30)/t18-,19-/m0/s1. The first kappa shape index (κ1) is 20.3. The van der Waals surface area contributed by atoms with E-state index in [1.54, 1.807) is 25.1 Å². The summed E-state index contributed by atoms with van der Waals surface area (Å²) < 4.78 is 28.8. The fourth-order valence-corrected chi connectivity index (χ4v) is 3.82. The zero-order chi connectivity index (χ0) is 21.4. The van der Waals surface area contributed by atoms with E-state index in [0.29, 0.717) is 10.7 Å². The summed E-state index contributed by atoms with van der Waals surface area (Å²) in [7, 11) is 0. The molecule has 0 unspecified atom stereocenters. The SMILES string of the molecule is Cc1ccc([C@@H]2C[C@@H](C(F)F)n3ncc(C(=O)Nc4cccc(Cl)c4C)c3N2)cc1. The highest BCUT2D eigenvalue weighted by Crippen LogP contribution is 2.39. The van der Waals surface area contributed by atoms with Gasteiger partial charge in [0.1, 0.15) is 17.4 Å². The fourth-order valence-electron chi connectivity index (χ4n) is 3.65. The third-order valence-electron chi connectivity index (χ3n) is 5.43. The molecule has 0 radical (unpaired) electrons. The monoisotopic (exact) mass is 430 g/mol. The zero-order valence-corrected chi connectivity index (χ0v) is 17.3. The van der Waals surface area contributed by atoms with Crippen molar-refractivity contribution in [1.29, 1.82) is 0 Å². The van der Waals surface area contributed by atoms with Crippen LogP contribution in [0.2, 0.25) is 5.02 Å². The van der Waals surface area contributed by atoms with Gasteiger partial charge in [0.25, 0.3) is 12.3 Å². The van der Waals surface area contributed by atoms with Crippen LogP contribution in [0.15, 0.2) is 48.7 Å². The van der Waals surface area contributed by atoms with Crippen LogP contribution in [-0.2, 0) is 0 Å². The van der Waals surface area contributed by atoms with Crippen LogP contribution in [0.1, 0.15) is 45.6 Å². The largest absolute Gasteiger partial charge is 0.363 e. The van der Waals surface area contributed by atoms with Crippen molar-refractivity contribution < 1.29 is 13.6 Å². The Balaban J connectivity index is 1.67. The van der Waals surface area contributed by atoms with E-state index in [1.807, 2.05) is 31.2 Å². The van der Waals surface area contributed by atoms with Gasteiger partial charge in [0.05, 0.1) is 12.2 Å². The number of halogens is 3. The lowest BCUT2D eigenvalue weighted by atomic mass is 9.96. The normalized spacial score (nSPS) is 18.1. The Hall–Kier alpha value is -2.93. The lowest BCUT2D eigenvalue weighted by Gasteiger charge is -2.32. The molecule has 2 atom stereocenters. The molecule has 0 saturated carbocycles. The number of carbonyl (C=O) groups excluding carboxylic acids is 1. The minimum atomic E-state index is -2.61. The number of aryl methyl sites for hydroxylation is 1. The van der Waals surface area contributed by atoms with Crippen molar-refractivity contribution in [3.63, 3.8) is 0 Å². The van der Waals surface area contributed by atoms with Crippen LogP contribution in [-0.4, -0.2) is 22.1 Å². The summed E-state index contributed by atoms with van der Waals surface area (Å²) in [6.07, 6.45) is -1.11. The van der Waals surface area contributed by atoms with Gasteiger partial charge in [-0.3, -0.25) is 4.79 Å². The van der Waals surface area contributed by atoms with Crippen molar-refractivity contribution in [2.45, 2.75) is 38.8 Å². The van der Waals surface area contributed by atoms with Gasteiger partial charge in [0.15, 0.2) is 0 Å². The van der Waals surface area contributed by atoms with Crippen molar-refractivity contribution in [3.05, 3.63) is 75.9 Å². The third-order valence-corrected chi connectivity index (χ3v) is 5.84. The average molecular weight is 431 g/mol. The van der Waals surface area contributed by atoms with Gasteiger partial charge in [0.2, 0.25) is 0 Å². The number of hydrogen-bond donors (Lipinski definition) is 2. The lowest BCUT2D eigenvalue weighted by Crippen LogP contribution is -2.31. The van der Waals surface area contributed by atoms with Gasteiger partial charge in [0, 0.05) is 10.7 Å². The van der Waals surface area contributed by atoms with E-state index in [0.717, 1.165) is 16.7 Å². The maximum absolute atomic E-state index is 13.8. The summed E-state index contributed by atoms with van der Waals surface area (Å²) in [5.74, 6) is -0.152. The van der Waals surface area contributed by atoms with Gasteiger partial charge in [-0.2, -0.15) is 5.10 Å². The van der Waals surface area contributed by atoms with Gasteiger partial charge in [-0.1, -0.05) is 47.5 Å². The van der Waals surface area contributed by atoms with Gasteiger partial charge < -0.3 is 10.6 Å².